The van der Waals surface area contributed by atoms with Crippen LogP contribution in [0.4, 0.5) is 35.1 Å². The molecule has 1 aromatic carbocycles. The Morgan fingerprint density at radius 2 is 1.74 bits per heavy atom. The highest BCUT2D eigenvalue weighted by Crippen LogP contribution is 2.41. The van der Waals surface area contributed by atoms with Crippen molar-refractivity contribution >= 4 is 0 Å². The lowest BCUT2D eigenvalue weighted by molar-refractivity contribution is -0.141. The molecule has 3 heterocycles. The van der Waals surface area contributed by atoms with Crippen LogP contribution in [-0.4, -0.2) is 57.5 Å². The van der Waals surface area contributed by atoms with Crippen LogP contribution in [0.2, 0.25) is 0 Å². The number of aliphatic hydroxyl groups excluding tert-OH is 1. The van der Waals surface area contributed by atoms with Crippen molar-refractivity contribution in [2.45, 2.75) is 56.7 Å². The van der Waals surface area contributed by atoms with Crippen molar-refractivity contribution in [3.8, 4) is 0 Å². The van der Waals surface area contributed by atoms with E-state index in [1.165, 1.54) is 0 Å². The summed E-state index contributed by atoms with van der Waals surface area (Å²) in [6.45, 7) is 0.866. The van der Waals surface area contributed by atoms with Crippen molar-refractivity contribution in [1.82, 2.24) is 20.0 Å². The van der Waals surface area contributed by atoms with Gasteiger partial charge >= 0.3 is 12.4 Å². The number of piperidine rings is 1. The maximum Gasteiger partial charge on any atom is 0.419 e. The summed E-state index contributed by atoms with van der Waals surface area (Å²) >= 11 is 0. The molecule has 2 N–H and O–H groups in total. The Hall–Kier alpha value is -2.25. The summed E-state index contributed by atoms with van der Waals surface area (Å²) in [4.78, 5) is 3.28. The number of benzene rings is 1. The van der Waals surface area contributed by atoms with Crippen molar-refractivity contribution in [3.05, 3.63) is 51.8 Å². The third kappa shape index (κ3) is 5.61. The molecule has 0 saturated carbocycles. The molecule has 1 unspecified atom stereocenters. The smallest absolute Gasteiger partial charge is 0.372 e. The summed E-state index contributed by atoms with van der Waals surface area (Å²) < 4.78 is 105. The molecule has 0 aliphatic carbocycles. The Labute approximate surface area is 195 Å². The Kier molecular flexibility index (Phi) is 7.13. The fourth-order valence-electron chi connectivity index (χ4n) is 4.91. The molecule has 194 valence electrons. The van der Waals surface area contributed by atoms with Crippen molar-refractivity contribution in [3.63, 3.8) is 0 Å². The van der Waals surface area contributed by atoms with Crippen LogP contribution in [0.5, 0.6) is 0 Å². The number of halogens is 8. The molecule has 0 amide bonds. The molecule has 2 aromatic rings. The number of nitrogens with zero attached hydrogens (tertiary/aromatic N) is 3. The second-order valence-corrected chi connectivity index (χ2v) is 8.96. The maximum atomic E-state index is 14.0. The van der Waals surface area contributed by atoms with Gasteiger partial charge in [-0.15, -0.1) is 0 Å². The molecular weight excluding hydrogens is 488 g/mol. The lowest BCUT2D eigenvalue weighted by atomic mass is 9.85. The summed E-state index contributed by atoms with van der Waals surface area (Å²) in [6, 6.07) is 1.65. The molecule has 2 aliphatic rings. The fourth-order valence-corrected chi connectivity index (χ4v) is 4.91. The minimum absolute atomic E-state index is 0.142. The maximum absolute atomic E-state index is 14.0. The number of aromatic nitrogens is 2. The van der Waals surface area contributed by atoms with Gasteiger partial charge in [0.1, 0.15) is 5.69 Å². The third-order valence-corrected chi connectivity index (χ3v) is 6.73. The summed E-state index contributed by atoms with van der Waals surface area (Å²) in [5.74, 6) is -4.14. The lowest BCUT2D eigenvalue weighted by Crippen LogP contribution is -2.38. The average Bonchev–Trinajstić information content (AvgIpc) is 3.21. The second kappa shape index (κ2) is 9.66. The highest BCUT2D eigenvalue weighted by Gasteiger charge is 2.41. The SMILES string of the molecule is OC(c1n[nH]c2c1CCN(CCC(F)(F)F)C2)N1CCC(c2ccc(F)c(F)c2C(F)(F)F)CC1. The van der Waals surface area contributed by atoms with Crippen molar-refractivity contribution in [2.75, 3.05) is 26.2 Å². The van der Waals surface area contributed by atoms with Gasteiger partial charge in [-0.25, -0.2) is 8.78 Å². The van der Waals surface area contributed by atoms with Crippen LogP contribution in [0.15, 0.2) is 12.1 Å². The van der Waals surface area contributed by atoms with Crippen LogP contribution >= 0.6 is 0 Å². The predicted molar refractivity (Wildman–Crippen MR) is 108 cm³/mol. The molecular formula is C22H24F8N4O. The van der Waals surface area contributed by atoms with Gasteiger partial charge in [-0.3, -0.25) is 14.9 Å². The Morgan fingerprint density at radius 3 is 2.37 bits per heavy atom. The topological polar surface area (TPSA) is 55.4 Å². The van der Waals surface area contributed by atoms with Gasteiger partial charge in [0.25, 0.3) is 0 Å². The lowest BCUT2D eigenvalue weighted by Gasteiger charge is -2.36. The van der Waals surface area contributed by atoms with Crippen LogP contribution < -0.4 is 0 Å². The van der Waals surface area contributed by atoms with Crippen LogP contribution in [0.1, 0.15) is 59.5 Å². The van der Waals surface area contributed by atoms with Crippen LogP contribution in [0, 0.1) is 11.6 Å². The largest absolute Gasteiger partial charge is 0.419 e. The third-order valence-electron chi connectivity index (χ3n) is 6.73. The van der Waals surface area contributed by atoms with Gasteiger partial charge in [-0.05, 0) is 36.8 Å². The highest BCUT2D eigenvalue weighted by atomic mass is 19.4. The van der Waals surface area contributed by atoms with Crippen LogP contribution in [0.25, 0.3) is 0 Å². The number of aromatic amines is 1. The zero-order valence-corrected chi connectivity index (χ0v) is 18.5. The number of H-pyrrole nitrogens is 1. The van der Waals surface area contributed by atoms with Gasteiger partial charge < -0.3 is 5.11 Å². The normalized spacial score (nSPS) is 19.7. The van der Waals surface area contributed by atoms with E-state index < -0.39 is 48.1 Å². The van der Waals surface area contributed by atoms with Gasteiger partial charge in [0.05, 0.1) is 17.7 Å². The summed E-state index contributed by atoms with van der Waals surface area (Å²) in [7, 11) is 0. The van der Waals surface area contributed by atoms with Crippen LogP contribution in [0.3, 0.4) is 0 Å². The Balaban J connectivity index is 1.41. The van der Waals surface area contributed by atoms with E-state index >= 15 is 0 Å². The quantitative estimate of drug-likeness (QED) is 0.561. The molecule has 4 rings (SSSR count). The van der Waals surface area contributed by atoms with E-state index in [-0.39, 0.29) is 44.6 Å². The highest BCUT2D eigenvalue weighted by molar-refractivity contribution is 5.35. The van der Waals surface area contributed by atoms with Gasteiger partial charge in [0.2, 0.25) is 0 Å². The number of hydrogen-bond donors (Lipinski definition) is 2. The monoisotopic (exact) mass is 512 g/mol. The number of aliphatic hydroxyl groups is 1. The second-order valence-electron chi connectivity index (χ2n) is 8.96. The van der Waals surface area contributed by atoms with E-state index in [0.29, 0.717) is 30.4 Å². The molecule has 35 heavy (non-hydrogen) atoms. The van der Waals surface area contributed by atoms with Crippen LogP contribution in [-0.2, 0) is 19.1 Å². The molecule has 1 fully saturated rings. The minimum atomic E-state index is -5.04. The van der Waals surface area contributed by atoms with Crippen molar-refractivity contribution in [2.24, 2.45) is 0 Å². The molecule has 1 saturated heterocycles. The molecule has 1 aromatic heterocycles. The zero-order valence-electron chi connectivity index (χ0n) is 18.5. The van der Waals surface area contributed by atoms with E-state index in [4.69, 9.17) is 0 Å². The average molecular weight is 512 g/mol. The first-order valence-electron chi connectivity index (χ1n) is 11.2. The van der Waals surface area contributed by atoms with Gasteiger partial charge in [0.15, 0.2) is 17.9 Å². The number of rotatable bonds is 5. The molecule has 1 atom stereocenters. The summed E-state index contributed by atoms with van der Waals surface area (Å²) in [5.41, 5.74) is -0.200. The summed E-state index contributed by atoms with van der Waals surface area (Å²) in [5, 5.41) is 17.8. The van der Waals surface area contributed by atoms with E-state index in [2.05, 4.69) is 10.2 Å². The molecule has 5 nitrogen and oxygen atoms in total. The fraction of sp³-hybridized carbons (Fsp3) is 0.591. The Bertz CT molecular complexity index is 1040. The number of nitrogens with one attached hydrogen (secondary N) is 1. The first kappa shape index (κ1) is 25.8. The molecule has 2 aliphatic heterocycles. The number of hydrogen-bond acceptors (Lipinski definition) is 4. The molecule has 0 radical (unpaired) electrons. The van der Waals surface area contributed by atoms with Crippen molar-refractivity contribution < 1.29 is 40.2 Å². The van der Waals surface area contributed by atoms with E-state index in [1.54, 1.807) is 9.80 Å². The predicted octanol–water partition coefficient (Wildman–Crippen LogP) is 4.89. The van der Waals surface area contributed by atoms with Gasteiger partial charge in [-0.2, -0.15) is 31.4 Å². The van der Waals surface area contributed by atoms with Gasteiger partial charge in [0, 0.05) is 38.3 Å². The first-order valence-corrected chi connectivity index (χ1v) is 11.2. The van der Waals surface area contributed by atoms with E-state index in [9.17, 15) is 40.2 Å². The minimum Gasteiger partial charge on any atom is -0.372 e. The van der Waals surface area contributed by atoms with Gasteiger partial charge in [-0.1, -0.05) is 6.07 Å². The molecule has 0 bridgehead atoms. The number of fused-ring (bicyclic) bond motifs is 1. The number of likely N-dealkylation sites (tertiary alicyclic amines) is 1. The molecule has 13 heteroatoms. The number of alkyl halides is 6. The Morgan fingerprint density at radius 1 is 1.06 bits per heavy atom. The summed E-state index contributed by atoms with van der Waals surface area (Å²) in [6.07, 6.45) is -10.6. The van der Waals surface area contributed by atoms with E-state index in [1.807, 2.05) is 0 Å². The van der Waals surface area contributed by atoms with E-state index in [0.717, 1.165) is 11.6 Å². The zero-order chi connectivity index (χ0) is 25.5. The van der Waals surface area contributed by atoms with Crippen molar-refractivity contribution in [1.29, 1.82) is 0 Å². The molecule has 0 spiro atoms. The standard InChI is InChI=1S/C22H24F8N4O/c23-15-2-1-13(17(18(15)24)22(28,29)30)12-3-8-34(9-4-12)20(35)19-14-5-7-33(10-6-21(25,26)27)11-16(14)31-32-19/h1-2,12,20,35H,3-11H2,(H,31,32). The first-order chi connectivity index (χ1) is 16.3.